The zero-order chi connectivity index (χ0) is 17.1. The highest BCUT2D eigenvalue weighted by Crippen LogP contribution is 2.40. The molecule has 0 saturated heterocycles. The van der Waals surface area contributed by atoms with Crippen LogP contribution in [0.1, 0.15) is 42.4 Å². The lowest BCUT2D eigenvalue weighted by molar-refractivity contribution is -0.116. The molecule has 24 heavy (non-hydrogen) atoms. The van der Waals surface area contributed by atoms with Crippen molar-refractivity contribution in [1.29, 1.82) is 0 Å². The van der Waals surface area contributed by atoms with Crippen molar-refractivity contribution in [3.63, 3.8) is 0 Å². The van der Waals surface area contributed by atoms with Crippen LogP contribution in [0.3, 0.4) is 0 Å². The fourth-order valence-electron chi connectivity index (χ4n) is 3.67. The highest BCUT2D eigenvalue weighted by molar-refractivity contribution is 5.93. The minimum atomic E-state index is 0.103. The Bertz CT molecular complexity index is 723. The van der Waals surface area contributed by atoms with Gasteiger partial charge in [-0.3, -0.25) is 4.79 Å². The Labute approximate surface area is 144 Å². The number of anilines is 1. The zero-order valence-electron chi connectivity index (χ0n) is 14.8. The smallest absolute Gasteiger partial charge is 0.224 e. The van der Waals surface area contributed by atoms with Crippen LogP contribution in [0.4, 0.5) is 5.69 Å². The highest BCUT2D eigenvalue weighted by Gasteiger charge is 2.28. The van der Waals surface area contributed by atoms with Crippen LogP contribution in [-0.4, -0.2) is 31.4 Å². The third-order valence-corrected chi connectivity index (χ3v) is 4.84. The van der Waals surface area contributed by atoms with Gasteiger partial charge < -0.3 is 9.80 Å². The highest BCUT2D eigenvalue weighted by atomic mass is 16.2. The van der Waals surface area contributed by atoms with E-state index in [1.165, 1.54) is 16.7 Å². The molecule has 0 saturated carbocycles. The van der Waals surface area contributed by atoms with Crippen LogP contribution >= 0.6 is 0 Å². The fourth-order valence-corrected chi connectivity index (χ4v) is 3.67. The molecule has 2 aromatic carbocycles. The number of hydrogen-bond acceptors (Lipinski definition) is 2. The second-order valence-corrected chi connectivity index (χ2v) is 6.86. The molecule has 1 aliphatic rings. The van der Waals surface area contributed by atoms with Gasteiger partial charge in [0, 0.05) is 18.5 Å². The molecule has 0 aromatic heterocycles. The van der Waals surface area contributed by atoms with Gasteiger partial charge in [0.1, 0.15) is 0 Å². The second-order valence-electron chi connectivity index (χ2n) is 6.86. The Morgan fingerprint density at radius 1 is 1.08 bits per heavy atom. The topological polar surface area (TPSA) is 23.6 Å². The number of para-hydroxylation sites is 1. The first-order valence-electron chi connectivity index (χ1n) is 8.67. The molecular formula is C21H26N2O. The first-order valence-corrected chi connectivity index (χ1v) is 8.67. The average molecular weight is 322 g/mol. The average Bonchev–Trinajstić information content (AvgIpc) is 2.70. The molecule has 3 rings (SSSR count). The van der Waals surface area contributed by atoms with Crippen molar-refractivity contribution in [2.75, 3.05) is 25.5 Å². The molecule has 0 fully saturated rings. The zero-order valence-corrected chi connectivity index (χ0v) is 14.8. The summed E-state index contributed by atoms with van der Waals surface area (Å²) < 4.78 is 0. The number of rotatable bonds is 4. The van der Waals surface area contributed by atoms with E-state index in [0.29, 0.717) is 12.5 Å². The minimum Gasteiger partial charge on any atom is -0.309 e. The standard InChI is InChI=1S/C21H26N2O/c1-16(24)23-15-17-9-4-5-10-18(17)19(12-8-14-22(2)3)20-11-6-7-13-21(20)23/h4-7,9-11,13,19H,8,12,14-15H2,1-3H3. The van der Waals surface area contributed by atoms with Gasteiger partial charge in [-0.2, -0.15) is 0 Å². The van der Waals surface area contributed by atoms with Crippen LogP contribution in [0, 0.1) is 0 Å². The molecule has 2 aromatic rings. The Morgan fingerprint density at radius 3 is 2.46 bits per heavy atom. The molecule has 3 heteroatoms. The van der Waals surface area contributed by atoms with E-state index in [9.17, 15) is 4.79 Å². The van der Waals surface area contributed by atoms with Crippen molar-refractivity contribution in [2.24, 2.45) is 0 Å². The number of amides is 1. The lowest BCUT2D eigenvalue weighted by atomic mass is 9.85. The third kappa shape index (κ3) is 3.36. The van der Waals surface area contributed by atoms with Gasteiger partial charge >= 0.3 is 0 Å². The maximum Gasteiger partial charge on any atom is 0.224 e. The van der Waals surface area contributed by atoms with E-state index in [-0.39, 0.29) is 5.91 Å². The molecule has 126 valence electrons. The SMILES string of the molecule is CC(=O)N1Cc2ccccc2C(CCCN(C)C)c2ccccc21. The first kappa shape index (κ1) is 16.7. The van der Waals surface area contributed by atoms with E-state index in [2.05, 4.69) is 61.5 Å². The monoisotopic (exact) mass is 322 g/mol. The van der Waals surface area contributed by atoms with Gasteiger partial charge in [-0.15, -0.1) is 0 Å². The second kappa shape index (κ2) is 7.18. The lowest BCUT2D eigenvalue weighted by Crippen LogP contribution is -2.27. The van der Waals surface area contributed by atoms with Crippen molar-refractivity contribution >= 4 is 11.6 Å². The van der Waals surface area contributed by atoms with Crippen molar-refractivity contribution in [2.45, 2.75) is 32.2 Å². The molecule has 1 unspecified atom stereocenters. The van der Waals surface area contributed by atoms with E-state index in [0.717, 1.165) is 25.1 Å². The van der Waals surface area contributed by atoms with Crippen LogP contribution in [0.5, 0.6) is 0 Å². The Balaban J connectivity index is 2.06. The summed E-state index contributed by atoms with van der Waals surface area (Å²) in [5.74, 6) is 0.452. The largest absolute Gasteiger partial charge is 0.309 e. The van der Waals surface area contributed by atoms with Gasteiger partial charge in [-0.1, -0.05) is 42.5 Å². The van der Waals surface area contributed by atoms with Gasteiger partial charge in [0.15, 0.2) is 0 Å². The number of nitrogens with zero attached hydrogens (tertiary/aromatic N) is 2. The van der Waals surface area contributed by atoms with Crippen LogP contribution in [0.25, 0.3) is 0 Å². The summed E-state index contributed by atoms with van der Waals surface area (Å²) in [6, 6.07) is 17.0. The van der Waals surface area contributed by atoms with E-state index >= 15 is 0 Å². The number of hydrogen-bond donors (Lipinski definition) is 0. The van der Waals surface area contributed by atoms with Crippen LogP contribution in [0.2, 0.25) is 0 Å². The van der Waals surface area contributed by atoms with Gasteiger partial charge in [-0.25, -0.2) is 0 Å². The molecule has 1 aliphatic heterocycles. The summed E-state index contributed by atoms with van der Waals surface area (Å²) in [7, 11) is 4.24. The van der Waals surface area contributed by atoms with Crippen molar-refractivity contribution < 1.29 is 4.79 Å². The van der Waals surface area contributed by atoms with Crippen molar-refractivity contribution in [3.8, 4) is 0 Å². The maximum absolute atomic E-state index is 12.3. The maximum atomic E-state index is 12.3. The minimum absolute atomic E-state index is 0.103. The van der Waals surface area contributed by atoms with Crippen molar-refractivity contribution in [1.82, 2.24) is 4.90 Å². The predicted octanol–water partition coefficient (Wildman–Crippen LogP) is 4.03. The molecule has 0 radical (unpaired) electrons. The molecule has 3 nitrogen and oxygen atoms in total. The van der Waals surface area contributed by atoms with Crippen LogP contribution < -0.4 is 4.90 Å². The number of benzene rings is 2. The van der Waals surface area contributed by atoms with Gasteiger partial charge in [0.05, 0.1) is 6.54 Å². The quantitative estimate of drug-likeness (QED) is 0.848. The molecule has 0 N–H and O–H groups in total. The number of fused-ring (bicyclic) bond motifs is 2. The Kier molecular flexibility index (Phi) is 5.00. The Morgan fingerprint density at radius 2 is 1.75 bits per heavy atom. The molecule has 1 heterocycles. The summed E-state index contributed by atoms with van der Waals surface area (Å²) in [5, 5.41) is 0. The summed E-state index contributed by atoms with van der Waals surface area (Å²) >= 11 is 0. The van der Waals surface area contributed by atoms with Crippen LogP contribution in [0.15, 0.2) is 48.5 Å². The molecule has 0 bridgehead atoms. The van der Waals surface area contributed by atoms with Crippen LogP contribution in [-0.2, 0) is 11.3 Å². The van der Waals surface area contributed by atoms with E-state index in [1.54, 1.807) is 6.92 Å². The fraction of sp³-hybridized carbons (Fsp3) is 0.381. The normalized spacial score (nSPS) is 16.5. The molecular weight excluding hydrogens is 296 g/mol. The van der Waals surface area contributed by atoms with Gasteiger partial charge in [0.25, 0.3) is 0 Å². The first-order chi connectivity index (χ1) is 11.6. The molecule has 1 amide bonds. The third-order valence-electron chi connectivity index (χ3n) is 4.84. The summed E-state index contributed by atoms with van der Waals surface area (Å²) in [6.45, 7) is 3.40. The number of carbonyl (C=O) groups excluding carboxylic acids is 1. The van der Waals surface area contributed by atoms with E-state index in [4.69, 9.17) is 0 Å². The lowest BCUT2D eigenvalue weighted by Gasteiger charge is -2.23. The predicted molar refractivity (Wildman–Crippen MR) is 99.4 cm³/mol. The summed E-state index contributed by atoms with van der Waals surface area (Å²) in [4.78, 5) is 16.4. The van der Waals surface area contributed by atoms with Gasteiger partial charge in [-0.05, 0) is 56.2 Å². The Hall–Kier alpha value is -2.13. The van der Waals surface area contributed by atoms with Gasteiger partial charge in [0.2, 0.25) is 5.91 Å². The summed E-state index contributed by atoms with van der Waals surface area (Å²) in [6.07, 6.45) is 2.23. The summed E-state index contributed by atoms with van der Waals surface area (Å²) in [5.41, 5.74) is 4.97. The molecule has 0 spiro atoms. The molecule has 0 aliphatic carbocycles. The van der Waals surface area contributed by atoms with E-state index in [1.807, 2.05) is 11.0 Å². The van der Waals surface area contributed by atoms with E-state index < -0.39 is 0 Å². The van der Waals surface area contributed by atoms with Crippen molar-refractivity contribution in [3.05, 3.63) is 65.2 Å². The number of carbonyl (C=O) groups is 1. The molecule has 1 atom stereocenters.